The largest absolute Gasteiger partial charge is 0.497 e. The van der Waals surface area contributed by atoms with Crippen LogP contribution >= 0.6 is 0 Å². The number of benzene rings is 1. The van der Waals surface area contributed by atoms with E-state index in [1.807, 2.05) is 12.1 Å². The molecule has 0 bridgehead atoms. The topological polar surface area (TPSA) is 75.2 Å². The molecule has 8 unspecified atom stereocenters. The van der Waals surface area contributed by atoms with E-state index in [9.17, 15) is 9.90 Å². The van der Waals surface area contributed by atoms with E-state index in [-0.39, 0.29) is 11.7 Å². The van der Waals surface area contributed by atoms with Crippen molar-refractivity contribution in [3.63, 3.8) is 0 Å². The Morgan fingerprint density at radius 2 is 1.92 bits per heavy atom. The first-order valence-electron chi connectivity index (χ1n) is 14.6. The minimum atomic E-state index is -0.0987. The van der Waals surface area contributed by atoms with Crippen LogP contribution in [0.2, 0.25) is 0 Å². The zero-order valence-electron chi connectivity index (χ0n) is 22.4. The van der Waals surface area contributed by atoms with Gasteiger partial charge in [-0.2, -0.15) is 0 Å². The first-order chi connectivity index (χ1) is 17.3. The van der Waals surface area contributed by atoms with Crippen molar-refractivity contribution < 1.29 is 9.84 Å². The number of fused-ring (bicyclic) bond motifs is 6. The average molecular weight is 493 g/mol. The molecular weight excluding hydrogens is 448 g/mol. The van der Waals surface area contributed by atoms with Crippen LogP contribution in [0.15, 0.2) is 23.0 Å². The number of aromatic nitrogens is 2. The molecule has 0 radical (unpaired) electrons. The van der Waals surface area contributed by atoms with Crippen molar-refractivity contribution in [1.82, 2.24) is 9.97 Å². The van der Waals surface area contributed by atoms with Gasteiger partial charge in [-0.1, -0.05) is 26.7 Å². The van der Waals surface area contributed by atoms with Gasteiger partial charge >= 0.3 is 0 Å². The Bertz CT molecular complexity index is 1180. The summed E-state index contributed by atoms with van der Waals surface area (Å²) in [5.41, 5.74) is 1.44. The maximum Gasteiger partial charge on any atom is 0.258 e. The fraction of sp³-hybridized carbons (Fsp3) is 0.742. The van der Waals surface area contributed by atoms with Crippen LogP contribution in [-0.4, -0.2) is 28.3 Å². The first kappa shape index (κ1) is 24.5. The molecule has 0 amide bonds. The normalized spacial score (nSPS) is 39.9. The molecule has 1 heterocycles. The Morgan fingerprint density at radius 1 is 1.08 bits per heavy atom. The van der Waals surface area contributed by atoms with E-state index in [4.69, 9.17) is 9.72 Å². The van der Waals surface area contributed by atoms with Gasteiger partial charge in [-0.25, -0.2) is 4.98 Å². The first-order valence-corrected chi connectivity index (χ1v) is 14.6. The number of aryl methyl sites for hydroxylation is 1. The molecule has 4 fully saturated rings. The maximum absolute atomic E-state index is 12.6. The second kappa shape index (κ2) is 9.15. The number of nitrogens with zero attached hydrogens (tertiary/aromatic N) is 1. The lowest BCUT2D eigenvalue weighted by Gasteiger charge is -2.62. The number of methoxy groups -OCH3 is 1. The summed E-state index contributed by atoms with van der Waals surface area (Å²) >= 11 is 0. The van der Waals surface area contributed by atoms with Crippen molar-refractivity contribution in [3.8, 4) is 5.75 Å². The second-order valence-electron chi connectivity index (χ2n) is 13.1. The molecule has 2 N–H and O–H groups in total. The van der Waals surface area contributed by atoms with Crippen LogP contribution in [0.5, 0.6) is 5.75 Å². The van der Waals surface area contributed by atoms with Crippen molar-refractivity contribution in [3.05, 3.63) is 34.4 Å². The molecule has 4 saturated carbocycles. The molecule has 2 aromatic rings. The van der Waals surface area contributed by atoms with E-state index in [2.05, 4.69) is 18.8 Å². The summed E-state index contributed by atoms with van der Waals surface area (Å²) in [5, 5.41) is 12.0. The molecule has 0 saturated heterocycles. The van der Waals surface area contributed by atoms with Gasteiger partial charge in [0.05, 0.1) is 24.1 Å². The van der Waals surface area contributed by atoms with Crippen LogP contribution in [0.4, 0.5) is 0 Å². The predicted molar refractivity (Wildman–Crippen MR) is 143 cm³/mol. The van der Waals surface area contributed by atoms with Crippen molar-refractivity contribution in [2.45, 2.75) is 97.0 Å². The van der Waals surface area contributed by atoms with Crippen molar-refractivity contribution in [2.75, 3.05) is 7.11 Å². The molecular formula is C31H44N2O3. The molecule has 1 aromatic carbocycles. The highest BCUT2D eigenvalue weighted by Crippen LogP contribution is 2.67. The van der Waals surface area contributed by atoms with Gasteiger partial charge in [-0.15, -0.1) is 0 Å². The smallest absolute Gasteiger partial charge is 0.258 e. The van der Waals surface area contributed by atoms with Gasteiger partial charge in [-0.05, 0) is 110 Å². The molecule has 0 aliphatic heterocycles. The number of ether oxygens (including phenoxy) is 1. The van der Waals surface area contributed by atoms with E-state index in [0.29, 0.717) is 45.4 Å². The SMILES string of the molecule is COc1ccc2c(=O)[nH]c(CCCC3CCC4C5C(O)CC6CCCCC6(C)C5CCC34C)nc2c1. The third-order valence-corrected chi connectivity index (χ3v) is 11.7. The van der Waals surface area contributed by atoms with Gasteiger partial charge in [0.15, 0.2) is 0 Å². The predicted octanol–water partition coefficient (Wildman–Crippen LogP) is 6.27. The van der Waals surface area contributed by atoms with Gasteiger partial charge in [0.25, 0.3) is 5.56 Å². The van der Waals surface area contributed by atoms with E-state index in [0.717, 1.165) is 36.8 Å². The number of aromatic amines is 1. The van der Waals surface area contributed by atoms with Gasteiger partial charge in [0.2, 0.25) is 0 Å². The molecule has 4 aliphatic rings. The Labute approximate surface area is 215 Å². The minimum absolute atomic E-state index is 0.0651. The summed E-state index contributed by atoms with van der Waals surface area (Å²) < 4.78 is 5.32. The van der Waals surface area contributed by atoms with Crippen molar-refractivity contribution in [2.24, 2.45) is 40.4 Å². The van der Waals surface area contributed by atoms with Crippen LogP contribution in [0.3, 0.4) is 0 Å². The van der Waals surface area contributed by atoms with Gasteiger partial charge in [0, 0.05) is 12.5 Å². The van der Waals surface area contributed by atoms with Crippen LogP contribution in [0.25, 0.3) is 10.9 Å². The number of hydrogen-bond donors (Lipinski definition) is 2. The summed E-state index contributed by atoms with van der Waals surface area (Å²) in [7, 11) is 1.64. The third kappa shape index (κ3) is 3.83. The summed E-state index contributed by atoms with van der Waals surface area (Å²) in [5.74, 6) is 4.84. The number of hydrogen-bond acceptors (Lipinski definition) is 4. The quantitative estimate of drug-likeness (QED) is 0.515. The van der Waals surface area contributed by atoms with E-state index in [1.54, 1.807) is 13.2 Å². The molecule has 5 nitrogen and oxygen atoms in total. The Kier molecular flexibility index (Phi) is 6.21. The highest BCUT2D eigenvalue weighted by molar-refractivity contribution is 5.79. The van der Waals surface area contributed by atoms with Crippen LogP contribution in [-0.2, 0) is 6.42 Å². The second-order valence-corrected chi connectivity index (χ2v) is 13.1. The molecule has 8 atom stereocenters. The highest BCUT2D eigenvalue weighted by atomic mass is 16.5. The van der Waals surface area contributed by atoms with Crippen LogP contribution in [0.1, 0.15) is 90.3 Å². The lowest BCUT2D eigenvalue weighted by atomic mass is 9.44. The molecule has 4 aliphatic carbocycles. The Hall–Kier alpha value is -1.88. The van der Waals surface area contributed by atoms with Crippen molar-refractivity contribution in [1.29, 1.82) is 0 Å². The Balaban J connectivity index is 1.15. The third-order valence-electron chi connectivity index (χ3n) is 11.7. The summed E-state index contributed by atoms with van der Waals surface area (Å²) in [6, 6.07) is 5.44. The zero-order valence-corrected chi connectivity index (χ0v) is 22.4. The summed E-state index contributed by atoms with van der Waals surface area (Å²) in [6.07, 6.45) is 14.6. The monoisotopic (exact) mass is 492 g/mol. The number of rotatable bonds is 5. The molecule has 1 aromatic heterocycles. The maximum atomic E-state index is 12.6. The summed E-state index contributed by atoms with van der Waals surface area (Å²) in [4.78, 5) is 20.3. The van der Waals surface area contributed by atoms with Crippen molar-refractivity contribution >= 4 is 10.9 Å². The fourth-order valence-electron chi connectivity index (χ4n) is 9.77. The fourth-order valence-corrected chi connectivity index (χ4v) is 9.77. The lowest BCUT2D eigenvalue weighted by Crippen LogP contribution is -2.57. The van der Waals surface area contributed by atoms with Gasteiger partial charge in [0.1, 0.15) is 11.6 Å². The van der Waals surface area contributed by atoms with Gasteiger partial charge in [-0.3, -0.25) is 4.79 Å². The minimum Gasteiger partial charge on any atom is -0.497 e. The lowest BCUT2D eigenvalue weighted by molar-refractivity contribution is -0.162. The molecule has 5 heteroatoms. The van der Waals surface area contributed by atoms with E-state index >= 15 is 0 Å². The molecule has 36 heavy (non-hydrogen) atoms. The zero-order chi connectivity index (χ0) is 25.1. The van der Waals surface area contributed by atoms with Gasteiger partial charge < -0.3 is 14.8 Å². The number of aliphatic hydroxyl groups excluding tert-OH is 1. The number of aliphatic hydroxyl groups is 1. The molecule has 6 rings (SSSR count). The molecule has 196 valence electrons. The Morgan fingerprint density at radius 3 is 2.75 bits per heavy atom. The average Bonchev–Trinajstić information content (AvgIpc) is 3.20. The number of nitrogens with one attached hydrogen (secondary N) is 1. The van der Waals surface area contributed by atoms with Crippen LogP contribution in [0, 0.1) is 40.4 Å². The van der Waals surface area contributed by atoms with E-state index < -0.39 is 0 Å². The van der Waals surface area contributed by atoms with Crippen LogP contribution < -0.4 is 10.3 Å². The van der Waals surface area contributed by atoms with E-state index in [1.165, 1.54) is 57.8 Å². The highest BCUT2D eigenvalue weighted by Gasteiger charge is 2.61. The summed E-state index contributed by atoms with van der Waals surface area (Å²) in [6.45, 7) is 5.14. The number of H-pyrrole nitrogens is 1. The molecule has 0 spiro atoms. The standard InChI is InChI=1S/C31H44N2O3/c1-30-15-5-4-7-20(30)17-26(34)28-23-13-10-19(31(23,2)16-14-24(28)30)8-6-9-27-32-25-18-21(36-3)11-12-22(25)29(35)33-27/h11-12,18-20,23-24,26,28,34H,4-10,13-17H2,1-3H3,(H,32,33,35).